The summed E-state index contributed by atoms with van der Waals surface area (Å²) in [6.07, 6.45) is 3.89. The number of aliphatic hydroxyl groups is 1. The van der Waals surface area contributed by atoms with E-state index in [0.717, 1.165) is 11.1 Å². The van der Waals surface area contributed by atoms with E-state index in [4.69, 9.17) is 5.11 Å². The van der Waals surface area contributed by atoms with Crippen LogP contribution < -0.4 is 0 Å². The van der Waals surface area contributed by atoms with Crippen LogP contribution >= 0.6 is 0 Å². The van der Waals surface area contributed by atoms with Gasteiger partial charge in [-0.05, 0) is 23.8 Å². The molecule has 0 radical (unpaired) electrons. The topological polar surface area (TPSA) is 24.6 Å². The van der Waals surface area contributed by atoms with Crippen molar-refractivity contribution in [3.8, 4) is 0 Å². The van der Waals surface area contributed by atoms with E-state index in [1.165, 1.54) is 0 Å². The van der Waals surface area contributed by atoms with Gasteiger partial charge < -0.3 is 9.51 Å². The summed E-state index contributed by atoms with van der Waals surface area (Å²) in [6.45, 7) is 0.113. The molecule has 0 amide bonds. The summed E-state index contributed by atoms with van der Waals surface area (Å²) in [7, 11) is 0. The zero-order valence-corrected chi connectivity index (χ0v) is 6.07. The number of fused-ring (bicyclic) bond motifs is 1. The molecular formula is C9H9NO. The van der Waals surface area contributed by atoms with Crippen LogP contribution in [0.15, 0.2) is 36.7 Å². The average Bonchev–Trinajstić information content (AvgIpc) is 2.46. The fraction of sp³-hybridized carbons (Fsp3) is 0.111. The minimum atomic E-state index is 0.113. The number of hydrogen-bond acceptors (Lipinski definition) is 1. The Morgan fingerprint density at radius 1 is 1.36 bits per heavy atom. The van der Waals surface area contributed by atoms with Crippen molar-refractivity contribution in [3.05, 3.63) is 42.2 Å². The first-order chi connectivity index (χ1) is 5.40. The minimum Gasteiger partial charge on any atom is -0.392 e. The maximum absolute atomic E-state index is 8.83. The molecule has 0 atom stereocenters. The predicted molar refractivity (Wildman–Crippen MR) is 43.3 cm³/mol. The third-order valence-corrected chi connectivity index (χ3v) is 1.74. The van der Waals surface area contributed by atoms with Gasteiger partial charge in [-0.25, -0.2) is 0 Å². The molecule has 0 saturated carbocycles. The van der Waals surface area contributed by atoms with Gasteiger partial charge in [-0.15, -0.1) is 0 Å². The van der Waals surface area contributed by atoms with E-state index in [0.29, 0.717) is 0 Å². The van der Waals surface area contributed by atoms with E-state index < -0.39 is 0 Å². The maximum atomic E-state index is 8.83. The molecular weight excluding hydrogens is 138 g/mol. The number of aromatic nitrogens is 1. The van der Waals surface area contributed by atoms with Gasteiger partial charge in [-0.3, -0.25) is 0 Å². The van der Waals surface area contributed by atoms with Gasteiger partial charge in [-0.2, -0.15) is 0 Å². The van der Waals surface area contributed by atoms with Crippen molar-refractivity contribution in [1.29, 1.82) is 0 Å². The fourth-order valence-corrected chi connectivity index (χ4v) is 1.20. The second-order valence-corrected chi connectivity index (χ2v) is 2.54. The zero-order valence-electron chi connectivity index (χ0n) is 6.07. The van der Waals surface area contributed by atoms with Crippen molar-refractivity contribution in [2.75, 3.05) is 0 Å². The lowest BCUT2D eigenvalue weighted by molar-refractivity contribution is 0.282. The number of nitrogens with zero attached hydrogens (tertiary/aromatic N) is 1. The molecule has 0 saturated heterocycles. The van der Waals surface area contributed by atoms with Crippen LogP contribution in [0.1, 0.15) is 5.56 Å². The number of hydrogen-bond donors (Lipinski definition) is 1. The lowest BCUT2D eigenvalue weighted by Gasteiger charge is -1.88. The van der Waals surface area contributed by atoms with Gasteiger partial charge in [0.1, 0.15) is 0 Å². The van der Waals surface area contributed by atoms with Crippen LogP contribution in [0.25, 0.3) is 5.52 Å². The molecule has 0 bridgehead atoms. The summed E-state index contributed by atoms with van der Waals surface area (Å²) in [6, 6.07) is 7.93. The van der Waals surface area contributed by atoms with Crippen molar-refractivity contribution in [2.45, 2.75) is 6.61 Å². The molecule has 2 nitrogen and oxygen atoms in total. The standard InChI is InChI=1S/C9H9NO/c11-7-8-5-9-3-1-2-4-10(9)6-8/h1-6,11H,7H2. The van der Waals surface area contributed by atoms with Gasteiger partial charge in [0.2, 0.25) is 0 Å². The Morgan fingerprint density at radius 2 is 2.27 bits per heavy atom. The normalized spacial score (nSPS) is 10.6. The Morgan fingerprint density at radius 3 is 3.00 bits per heavy atom. The molecule has 0 fully saturated rings. The lowest BCUT2D eigenvalue weighted by Crippen LogP contribution is -1.77. The zero-order chi connectivity index (χ0) is 7.68. The van der Waals surface area contributed by atoms with E-state index in [2.05, 4.69) is 0 Å². The molecule has 0 spiro atoms. The molecule has 0 unspecified atom stereocenters. The van der Waals surface area contributed by atoms with E-state index >= 15 is 0 Å². The number of aliphatic hydroxyl groups excluding tert-OH is 1. The molecule has 2 aromatic heterocycles. The Bertz CT molecular complexity index is 331. The largest absolute Gasteiger partial charge is 0.392 e. The monoisotopic (exact) mass is 147 g/mol. The van der Waals surface area contributed by atoms with E-state index in [1.54, 1.807) is 0 Å². The van der Waals surface area contributed by atoms with Crippen molar-refractivity contribution >= 4 is 5.52 Å². The second-order valence-electron chi connectivity index (χ2n) is 2.54. The molecule has 2 heterocycles. The van der Waals surface area contributed by atoms with Gasteiger partial charge in [0.05, 0.1) is 6.61 Å². The first kappa shape index (κ1) is 6.43. The highest BCUT2D eigenvalue weighted by Crippen LogP contribution is 2.08. The second kappa shape index (κ2) is 2.40. The molecule has 2 rings (SSSR count). The number of rotatable bonds is 1. The molecule has 0 aliphatic carbocycles. The molecule has 56 valence electrons. The van der Waals surface area contributed by atoms with E-state index in [9.17, 15) is 0 Å². The van der Waals surface area contributed by atoms with Crippen molar-refractivity contribution in [3.63, 3.8) is 0 Å². The first-order valence-electron chi connectivity index (χ1n) is 3.56. The molecule has 11 heavy (non-hydrogen) atoms. The minimum absolute atomic E-state index is 0.113. The van der Waals surface area contributed by atoms with Gasteiger partial charge >= 0.3 is 0 Å². The molecule has 0 aliphatic heterocycles. The third kappa shape index (κ3) is 1.01. The summed E-state index contributed by atoms with van der Waals surface area (Å²) < 4.78 is 1.99. The fourth-order valence-electron chi connectivity index (χ4n) is 1.20. The maximum Gasteiger partial charge on any atom is 0.0696 e. The highest BCUT2D eigenvalue weighted by atomic mass is 16.3. The quantitative estimate of drug-likeness (QED) is 0.648. The van der Waals surface area contributed by atoms with Gasteiger partial charge in [0.15, 0.2) is 0 Å². The summed E-state index contributed by atoms with van der Waals surface area (Å²) in [5.41, 5.74) is 2.08. The van der Waals surface area contributed by atoms with Crippen LogP contribution in [-0.4, -0.2) is 9.51 Å². The summed E-state index contributed by atoms with van der Waals surface area (Å²) in [5.74, 6) is 0. The van der Waals surface area contributed by atoms with Crippen molar-refractivity contribution in [2.24, 2.45) is 0 Å². The van der Waals surface area contributed by atoms with Gasteiger partial charge in [0, 0.05) is 17.9 Å². The summed E-state index contributed by atoms with van der Waals surface area (Å²) in [4.78, 5) is 0. The van der Waals surface area contributed by atoms with Crippen LogP contribution in [0.2, 0.25) is 0 Å². The lowest BCUT2D eigenvalue weighted by atomic mass is 10.3. The van der Waals surface area contributed by atoms with Gasteiger partial charge in [-0.1, -0.05) is 6.07 Å². The van der Waals surface area contributed by atoms with Crippen molar-refractivity contribution in [1.82, 2.24) is 4.40 Å². The average molecular weight is 147 g/mol. The van der Waals surface area contributed by atoms with E-state index in [1.807, 2.05) is 41.1 Å². The molecule has 0 aliphatic rings. The Labute approximate surface area is 64.7 Å². The van der Waals surface area contributed by atoms with E-state index in [-0.39, 0.29) is 6.61 Å². The van der Waals surface area contributed by atoms with Crippen LogP contribution in [0.4, 0.5) is 0 Å². The number of pyridine rings is 1. The summed E-state index contributed by atoms with van der Waals surface area (Å²) >= 11 is 0. The predicted octanol–water partition coefficient (Wildman–Crippen LogP) is 1.43. The SMILES string of the molecule is OCc1cc2ccccn2c1. The Balaban J connectivity index is 2.69. The highest BCUT2D eigenvalue weighted by Gasteiger charge is 1.94. The van der Waals surface area contributed by atoms with Gasteiger partial charge in [0.25, 0.3) is 0 Å². The Kier molecular flexibility index (Phi) is 1.40. The molecule has 2 heteroatoms. The van der Waals surface area contributed by atoms with Crippen LogP contribution in [0, 0.1) is 0 Å². The Hall–Kier alpha value is -1.28. The molecule has 2 aromatic rings. The van der Waals surface area contributed by atoms with Crippen LogP contribution in [0.5, 0.6) is 0 Å². The van der Waals surface area contributed by atoms with Crippen molar-refractivity contribution < 1.29 is 5.11 Å². The molecule has 0 aromatic carbocycles. The third-order valence-electron chi connectivity index (χ3n) is 1.74. The smallest absolute Gasteiger partial charge is 0.0696 e. The summed E-state index contributed by atoms with van der Waals surface area (Å²) in [5, 5.41) is 8.83. The molecule has 1 N–H and O–H groups in total. The van der Waals surface area contributed by atoms with Crippen LogP contribution in [0.3, 0.4) is 0 Å². The van der Waals surface area contributed by atoms with Crippen LogP contribution in [-0.2, 0) is 6.61 Å². The first-order valence-corrected chi connectivity index (χ1v) is 3.56. The highest BCUT2D eigenvalue weighted by molar-refractivity contribution is 5.49.